The van der Waals surface area contributed by atoms with Crippen LogP contribution in [0.3, 0.4) is 0 Å². The summed E-state index contributed by atoms with van der Waals surface area (Å²) in [4.78, 5) is 14.0. The van der Waals surface area contributed by atoms with Gasteiger partial charge in [-0.05, 0) is 90.7 Å². The molecule has 0 aliphatic rings. The van der Waals surface area contributed by atoms with Crippen LogP contribution in [0.4, 0.5) is 0 Å². The van der Waals surface area contributed by atoms with Crippen LogP contribution in [0, 0.1) is 0 Å². The van der Waals surface area contributed by atoms with Gasteiger partial charge in [0, 0.05) is 48.8 Å². The zero-order valence-corrected chi connectivity index (χ0v) is 22.6. The number of rotatable bonds is 8. The molecule has 0 unspecified atom stereocenters. The molecule has 0 saturated heterocycles. The lowest BCUT2D eigenvalue weighted by atomic mass is 10.2. The monoisotopic (exact) mass is 536 g/mol. The third-order valence-electron chi connectivity index (χ3n) is 5.40. The van der Waals surface area contributed by atoms with Crippen molar-refractivity contribution in [2.75, 3.05) is 0 Å². The molecule has 164 valence electrons. The van der Waals surface area contributed by atoms with Gasteiger partial charge in [0.25, 0.3) is 0 Å². The molecule has 6 aromatic rings. The molecule has 0 spiro atoms. The summed E-state index contributed by atoms with van der Waals surface area (Å²) in [5.74, 6) is 0. The van der Waals surface area contributed by atoms with Crippen molar-refractivity contribution in [1.29, 1.82) is 0 Å². The van der Waals surface area contributed by atoms with Gasteiger partial charge in [-0.1, -0.05) is 12.1 Å². The van der Waals surface area contributed by atoms with Gasteiger partial charge in [-0.25, -0.2) is 0 Å². The molecule has 0 fully saturated rings. The van der Waals surface area contributed by atoms with Crippen LogP contribution in [-0.2, 0) is 12.8 Å². The fraction of sp³-hybridized carbons (Fsp3) is 0.111. The van der Waals surface area contributed by atoms with E-state index in [1.165, 1.54) is 55.2 Å². The molecule has 0 atom stereocenters. The van der Waals surface area contributed by atoms with E-state index < -0.39 is 0 Å². The van der Waals surface area contributed by atoms with Crippen LogP contribution in [0.5, 0.6) is 0 Å². The molecule has 0 amide bonds. The minimum Gasteiger partial charge on any atom is -0.143 e. The lowest BCUT2D eigenvalue weighted by Gasteiger charge is -1.97. The second kappa shape index (κ2) is 9.82. The second-order valence-corrected chi connectivity index (χ2v) is 14.1. The van der Waals surface area contributed by atoms with Gasteiger partial charge in [0.15, 0.2) is 0 Å². The van der Waals surface area contributed by atoms with Crippen molar-refractivity contribution in [3.8, 4) is 39.0 Å². The van der Waals surface area contributed by atoms with Crippen LogP contribution >= 0.6 is 68.0 Å². The van der Waals surface area contributed by atoms with Crippen LogP contribution in [0.25, 0.3) is 39.0 Å². The molecule has 6 aromatic heterocycles. The number of hydrogen-bond donors (Lipinski definition) is 0. The molecule has 0 N–H and O–H groups in total. The average molecular weight is 537 g/mol. The van der Waals surface area contributed by atoms with Crippen LogP contribution < -0.4 is 0 Å². The normalized spacial score (nSPS) is 11.4. The molecular formula is C27H20S6. The maximum absolute atomic E-state index is 2.32. The largest absolute Gasteiger partial charge is 0.143 e. The quantitative estimate of drug-likeness (QED) is 0.181. The highest BCUT2D eigenvalue weighted by Gasteiger charge is 2.10. The smallest absolute Gasteiger partial charge is 0.0449 e. The van der Waals surface area contributed by atoms with Crippen LogP contribution in [0.15, 0.2) is 83.6 Å². The third-order valence-corrected chi connectivity index (χ3v) is 12.4. The predicted molar refractivity (Wildman–Crippen MR) is 154 cm³/mol. The molecule has 0 radical (unpaired) electrons. The Kier molecular flexibility index (Phi) is 6.46. The molecule has 0 aliphatic heterocycles. The molecule has 0 bridgehead atoms. The van der Waals surface area contributed by atoms with Crippen LogP contribution in [-0.4, -0.2) is 0 Å². The van der Waals surface area contributed by atoms with Gasteiger partial charge in [-0.15, -0.1) is 68.0 Å². The highest BCUT2D eigenvalue weighted by molar-refractivity contribution is 7.27. The Morgan fingerprint density at radius 1 is 0.394 bits per heavy atom. The summed E-state index contributed by atoms with van der Waals surface area (Å²) >= 11 is 11.3. The van der Waals surface area contributed by atoms with Gasteiger partial charge in [0.1, 0.15) is 0 Å². The number of hydrogen-bond acceptors (Lipinski definition) is 6. The minimum atomic E-state index is 1.16. The van der Waals surface area contributed by atoms with Crippen molar-refractivity contribution in [3.63, 3.8) is 0 Å². The predicted octanol–water partition coefficient (Wildman–Crippen LogP) is 10.9. The highest BCUT2D eigenvalue weighted by Crippen LogP contribution is 2.40. The highest BCUT2D eigenvalue weighted by atomic mass is 32.1. The van der Waals surface area contributed by atoms with Gasteiger partial charge in [0.2, 0.25) is 0 Å². The summed E-state index contributed by atoms with van der Waals surface area (Å²) in [6.07, 6.45) is 3.51. The summed E-state index contributed by atoms with van der Waals surface area (Å²) in [7, 11) is 0. The van der Waals surface area contributed by atoms with E-state index in [1.54, 1.807) is 0 Å². The summed E-state index contributed by atoms with van der Waals surface area (Å²) in [6, 6.07) is 27.0. The minimum absolute atomic E-state index is 1.16. The van der Waals surface area contributed by atoms with E-state index >= 15 is 0 Å². The van der Waals surface area contributed by atoms with Crippen molar-refractivity contribution in [1.82, 2.24) is 0 Å². The van der Waals surface area contributed by atoms with Crippen molar-refractivity contribution in [2.45, 2.75) is 19.3 Å². The molecular weight excluding hydrogens is 517 g/mol. The number of thiophene rings is 6. The first-order valence-corrected chi connectivity index (χ1v) is 15.8. The zero-order valence-electron chi connectivity index (χ0n) is 17.7. The molecule has 6 heterocycles. The Morgan fingerprint density at radius 2 is 0.788 bits per heavy atom. The van der Waals surface area contributed by atoms with E-state index in [2.05, 4.69) is 83.6 Å². The van der Waals surface area contributed by atoms with Crippen molar-refractivity contribution >= 4 is 68.0 Å². The molecule has 6 heteroatoms. The van der Waals surface area contributed by atoms with Crippen LogP contribution in [0.1, 0.15) is 16.2 Å². The molecule has 6 rings (SSSR count). The molecule has 0 nitrogen and oxygen atoms in total. The third kappa shape index (κ3) is 4.87. The van der Waals surface area contributed by atoms with E-state index in [-0.39, 0.29) is 0 Å². The van der Waals surface area contributed by atoms with Gasteiger partial charge in [-0.2, -0.15) is 0 Å². The van der Waals surface area contributed by atoms with Gasteiger partial charge in [0.05, 0.1) is 0 Å². The average Bonchev–Trinajstić information content (AvgIpc) is 3.67. The van der Waals surface area contributed by atoms with E-state index in [1.807, 2.05) is 68.0 Å². The molecule has 0 saturated carbocycles. The first kappa shape index (κ1) is 21.7. The lowest BCUT2D eigenvalue weighted by Crippen LogP contribution is -1.84. The first-order valence-electron chi connectivity index (χ1n) is 10.8. The van der Waals surface area contributed by atoms with Gasteiger partial charge >= 0.3 is 0 Å². The number of aryl methyl sites for hydroxylation is 2. The zero-order chi connectivity index (χ0) is 22.0. The molecule has 0 aromatic carbocycles. The van der Waals surface area contributed by atoms with Crippen molar-refractivity contribution in [2.24, 2.45) is 0 Å². The van der Waals surface area contributed by atoms with Crippen LogP contribution in [0.2, 0.25) is 0 Å². The first-order chi connectivity index (χ1) is 16.3. The molecule has 33 heavy (non-hydrogen) atoms. The summed E-state index contributed by atoms with van der Waals surface area (Å²) in [5.41, 5.74) is 0. The maximum atomic E-state index is 2.32. The van der Waals surface area contributed by atoms with Gasteiger partial charge in [-0.3, -0.25) is 0 Å². The Hall–Kier alpha value is -1.80. The summed E-state index contributed by atoms with van der Waals surface area (Å²) in [6.45, 7) is 0. The second-order valence-electron chi connectivity index (χ2n) is 7.67. The fourth-order valence-electron chi connectivity index (χ4n) is 3.77. The topological polar surface area (TPSA) is 0 Å². The SMILES string of the molecule is c1csc(-c2ccc(-c3ccc(CCCc4ccc(-c5ccc(-c6cccs6)s5)s4)s3)s2)c1. The Labute approximate surface area is 218 Å². The Bertz CT molecular complexity index is 1320. The summed E-state index contributed by atoms with van der Waals surface area (Å²) in [5, 5.41) is 4.30. The van der Waals surface area contributed by atoms with Crippen molar-refractivity contribution < 1.29 is 0 Å². The molecule has 0 aliphatic carbocycles. The van der Waals surface area contributed by atoms with E-state index in [0.717, 1.165) is 12.8 Å². The maximum Gasteiger partial charge on any atom is 0.0449 e. The fourth-order valence-corrected chi connectivity index (χ4v) is 9.73. The van der Waals surface area contributed by atoms with Crippen molar-refractivity contribution in [3.05, 3.63) is 93.3 Å². The van der Waals surface area contributed by atoms with E-state index in [9.17, 15) is 0 Å². The van der Waals surface area contributed by atoms with E-state index in [4.69, 9.17) is 0 Å². The summed E-state index contributed by atoms with van der Waals surface area (Å²) < 4.78 is 0. The lowest BCUT2D eigenvalue weighted by molar-refractivity contribution is 0.842. The standard InChI is InChI=1S/C27H20S6/c1(4-18-8-10-24(30-18)26-14-12-22(32-26)20-6-2-16-28-20)5-19-9-11-25(31-19)27-15-13-23(33-27)21-7-3-17-29-21/h2-3,6-17H,1,4-5H2. The Balaban J connectivity index is 1.06. The van der Waals surface area contributed by atoms with Gasteiger partial charge < -0.3 is 0 Å². The van der Waals surface area contributed by atoms with E-state index in [0.29, 0.717) is 0 Å². The Morgan fingerprint density at radius 3 is 1.21 bits per heavy atom.